The van der Waals surface area contributed by atoms with E-state index in [0.29, 0.717) is 12.8 Å². The van der Waals surface area contributed by atoms with Crippen molar-refractivity contribution in [2.24, 2.45) is 17.3 Å². The van der Waals surface area contributed by atoms with Crippen LogP contribution in [0.25, 0.3) is 0 Å². The molecule has 38 heavy (non-hydrogen) atoms. The van der Waals surface area contributed by atoms with Crippen molar-refractivity contribution in [2.45, 2.75) is 94.9 Å². The summed E-state index contributed by atoms with van der Waals surface area (Å²) in [5.74, 6) is -4.57. The van der Waals surface area contributed by atoms with Crippen molar-refractivity contribution in [1.82, 2.24) is 0 Å². The van der Waals surface area contributed by atoms with E-state index in [1.54, 1.807) is 26.0 Å². The number of alkyl halides is 1. The summed E-state index contributed by atoms with van der Waals surface area (Å²) < 4.78 is 29.2. The second kappa shape index (κ2) is 9.95. The Balaban J connectivity index is 2.03. The molecular formula is C27H35ClO10. The molecule has 3 fully saturated rings. The highest BCUT2D eigenvalue weighted by Gasteiger charge is 2.75. The molecule has 0 aromatic rings. The Labute approximate surface area is 226 Å². The molecule has 4 rings (SSSR count). The Hall–Kier alpha value is -2.43. The highest BCUT2D eigenvalue weighted by molar-refractivity contribution is 6.23. The number of rotatable bonds is 4. The van der Waals surface area contributed by atoms with Gasteiger partial charge in [-0.3, -0.25) is 19.2 Å². The second-order valence-corrected chi connectivity index (χ2v) is 11.4. The molecule has 10 atom stereocenters. The molecule has 4 aliphatic rings. The molecule has 2 aliphatic heterocycles. The quantitative estimate of drug-likeness (QED) is 0.238. The second-order valence-electron chi connectivity index (χ2n) is 10.9. The minimum absolute atomic E-state index is 0.0722. The van der Waals surface area contributed by atoms with E-state index in [1.165, 1.54) is 20.8 Å². The summed E-state index contributed by atoms with van der Waals surface area (Å²) in [6.07, 6.45) is -0.602. The van der Waals surface area contributed by atoms with Crippen LogP contribution in [-0.4, -0.2) is 76.6 Å². The number of ether oxygens (including phenoxy) is 5. The largest absolute Gasteiger partial charge is 0.462 e. The van der Waals surface area contributed by atoms with Crippen LogP contribution in [-0.2, 0) is 42.9 Å². The first-order valence-corrected chi connectivity index (χ1v) is 13.3. The molecule has 210 valence electrons. The number of fused-ring (bicyclic) bond motifs is 3. The van der Waals surface area contributed by atoms with Crippen LogP contribution in [0.3, 0.4) is 0 Å². The van der Waals surface area contributed by atoms with Crippen LogP contribution < -0.4 is 0 Å². The summed E-state index contributed by atoms with van der Waals surface area (Å²) in [6.45, 7) is 11.6. The molecule has 0 amide bonds. The Kier molecular flexibility index (Phi) is 7.48. The maximum atomic E-state index is 12.9. The van der Waals surface area contributed by atoms with Crippen molar-refractivity contribution >= 4 is 35.5 Å². The molecule has 1 saturated carbocycles. The molecule has 11 heteroatoms. The third-order valence-corrected chi connectivity index (χ3v) is 9.16. The zero-order valence-corrected chi connectivity index (χ0v) is 23.0. The van der Waals surface area contributed by atoms with Crippen LogP contribution in [0, 0.1) is 17.3 Å². The maximum Gasteiger partial charge on any atom is 0.312 e. The molecule has 2 saturated heterocycles. The van der Waals surface area contributed by atoms with Crippen molar-refractivity contribution in [2.75, 3.05) is 6.61 Å². The molecule has 0 aromatic heterocycles. The fourth-order valence-corrected chi connectivity index (χ4v) is 6.86. The highest BCUT2D eigenvalue weighted by Crippen LogP contribution is 2.62. The standard InChI is InChI=1S/C27H35ClO10/c1-7-19(31)37-17-9-8-13(2)20(28)22-27(33,14(3)24(32)38-22)23(36-16(5)30)21-25(17,6)18(35-15(4)29)10-11-26(21)12-34-26/h8-9,14,17-18,20-23,33H,2,7,10-12H2,1,3-6H3/b9-8+/t14-,17-,18-,20-,21+,22-,23-,25-,26-,27-/m0/s1. The number of carbonyl (C=O) groups is 4. The SMILES string of the molecule is C=C1/C=C/[C@H](OC(=O)CC)[C@@]2(C)[C@@H](OC(C)=O)CC[C@]3(CO3)[C@@H]2[C@H](OC(C)=O)[C@]2(O)[C@@H](C)C(=O)O[C@H]2[C@H]1Cl. The monoisotopic (exact) mass is 554 g/mol. The molecule has 0 aromatic carbocycles. The number of carbonyl (C=O) groups excluding carboxylic acids is 4. The van der Waals surface area contributed by atoms with Gasteiger partial charge in [0, 0.05) is 26.2 Å². The number of aliphatic hydroxyl groups is 1. The number of halogens is 1. The van der Waals surface area contributed by atoms with E-state index in [0.717, 1.165) is 0 Å². The summed E-state index contributed by atoms with van der Waals surface area (Å²) in [5, 5.41) is 11.3. The van der Waals surface area contributed by atoms with Gasteiger partial charge in [-0.2, -0.15) is 0 Å². The topological polar surface area (TPSA) is 138 Å². The molecule has 10 nitrogen and oxygen atoms in total. The van der Waals surface area contributed by atoms with Crippen LogP contribution in [0.2, 0.25) is 0 Å². The first kappa shape index (κ1) is 28.6. The molecule has 0 unspecified atom stereocenters. The summed E-state index contributed by atoms with van der Waals surface area (Å²) in [4.78, 5) is 50.4. The lowest BCUT2D eigenvalue weighted by Crippen LogP contribution is -2.70. The van der Waals surface area contributed by atoms with E-state index in [2.05, 4.69) is 6.58 Å². The fourth-order valence-electron chi connectivity index (χ4n) is 6.54. The number of epoxide rings is 1. The van der Waals surface area contributed by atoms with Crippen LogP contribution in [0.1, 0.15) is 53.9 Å². The zero-order chi connectivity index (χ0) is 28.2. The van der Waals surface area contributed by atoms with Gasteiger partial charge in [0.2, 0.25) is 0 Å². The average molecular weight is 555 g/mol. The summed E-state index contributed by atoms with van der Waals surface area (Å²) >= 11 is 6.73. The van der Waals surface area contributed by atoms with E-state index in [-0.39, 0.29) is 18.6 Å². The van der Waals surface area contributed by atoms with Gasteiger partial charge in [0.05, 0.1) is 28.9 Å². The van der Waals surface area contributed by atoms with Gasteiger partial charge in [0.1, 0.15) is 18.3 Å². The molecule has 2 heterocycles. The van der Waals surface area contributed by atoms with Gasteiger partial charge in [0.25, 0.3) is 0 Å². The van der Waals surface area contributed by atoms with Gasteiger partial charge in [-0.15, -0.1) is 11.6 Å². The number of hydrogen-bond acceptors (Lipinski definition) is 10. The molecule has 0 radical (unpaired) electrons. The Morgan fingerprint density at radius 2 is 1.84 bits per heavy atom. The molecule has 2 aliphatic carbocycles. The normalized spacial score (nSPS) is 44.8. The first-order valence-electron chi connectivity index (χ1n) is 12.8. The zero-order valence-electron chi connectivity index (χ0n) is 22.2. The molecule has 0 bridgehead atoms. The third kappa shape index (κ3) is 4.44. The molecule has 1 N–H and O–H groups in total. The molecule has 1 spiro atoms. The lowest BCUT2D eigenvalue weighted by atomic mass is 9.53. The van der Waals surface area contributed by atoms with Gasteiger partial charge < -0.3 is 28.8 Å². The van der Waals surface area contributed by atoms with Crippen LogP contribution in [0.15, 0.2) is 24.3 Å². The maximum absolute atomic E-state index is 12.9. The van der Waals surface area contributed by atoms with E-state index in [4.69, 9.17) is 35.3 Å². The number of hydrogen-bond donors (Lipinski definition) is 1. The third-order valence-electron chi connectivity index (χ3n) is 8.65. The minimum Gasteiger partial charge on any atom is -0.462 e. The first-order chi connectivity index (χ1) is 17.7. The number of allylic oxidation sites excluding steroid dienone is 1. The lowest BCUT2D eigenvalue weighted by Gasteiger charge is -2.56. The van der Waals surface area contributed by atoms with Gasteiger partial charge in [0.15, 0.2) is 11.7 Å². The predicted octanol–water partition coefficient (Wildman–Crippen LogP) is 2.38. The van der Waals surface area contributed by atoms with Crippen LogP contribution in [0.5, 0.6) is 0 Å². The van der Waals surface area contributed by atoms with Gasteiger partial charge in [-0.05, 0) is 31.4 Å². The summed E-state index contributed by atoms with van der Waals surface area (Å²) in [6, 6.07) is 0. The summed E-state index contributed by atoms with van der Waals surface area (Å²) in [7, 11) is 0. The van der Waals surface area contributed by atoms with Gasteiger partial charge in [-0.25, -0.2) is 0 Å². The van der Waals surface area contributed by atoms with Crippen LogP contribution >= 0.6 is 11.6 Å². The predicted molar refractivity (Wildman–Crippen MR) is 133 cm³/mol. The number of esters is 4. The van der Waals surface area contributed by atoms with Gasteiger partial charge >= 0.3 is 23.9 Å². The van der Waals surface area contributed by atoms with Gasteiger partial charge in [-0.1, -0.05) is 26.5 Å². The van der Waals surface area contributed by atoms with E-state index in [1.807, 2.05) is 0 Å². The summed E-state index contributed by atoms with van der Waals surface area (Å²) in [5.41, 5.74) is -4.05. The van der Waals surface area contributed by atoms with Crippen molar-refractivity contribution < 1.29 is 48.0 Å². The highest BCUT2D eigenvalue weighted by atomic mass is 35.5. The van der Waals surface area contributed by atoms with Crippen molar-refractivity contribution in [3.63, 3.8) is 0 Å². The molecular weight excluding hydrogens is 520 g/mol. The minimum atomic E-state index is -2.12. The van der Waals surface area contributed by atoms with E-state index in [9.17, 15) is 24.3 Å². The average Bonchev–Trinajstić information content (AvgIpc) is 3.58. The Bertz CT molecular complexity index is 1070. The van der Waals surface area contributed by atoms with Crippen molar-refractivity contribution in [3.8, 4) is 0 Å². The Morgan fingerprint density at radius 3 is 2.39 bits per heavy atom. The smallest absolute Gasteiger partial charge is 0.312 e. The van der Waals surface area contributed by atoms with E-state index >= 15 is 0 Å². The van der Waals surface area contributed by atoms with Crippen molar-refractivity contribution in [1.29, 1.82) is 0 Å². The fraction of sp³-hybridized carbons (Fsp3) is 0.704. The lowest BCUT2D eigenvalue weighted by molar-refractivity contribution is -0.239. The van der Waals surface area contributed by atoms with Crippen molar-refractivity contribution in [3.05, 3.63) is 24.3 Å². The Morgan fingerprint density at radius 1 is 1.21 bits per heavy atom. The van der Waals surface area contributed by atoms with E-state index < -0.39 is 82.1 Å². The van der Waals surface area contributed by atoms with Crippen LogP contribution in [0.4, 0.5) is 0 Å².